The number of aliphatic hydroxyl groups is 1. The van der Waals surface area contributed by atoms with Crippen molar-refractivity contribution >= 4 is 22.3 Å². The minimum atomic E-state index is -0.155. The van der Waals surface area contributed by atoms with E-state index in [0.717, 1.165) is 72.0 Å². The number of pyridine rings is 1. The summed E-state index contributed by atoms with van der Waals surface area (Å²) in [6.07, 6.45) is 12.2. The Morgan fingerprint density at radius 2 is 1.89 bits per heavy atom. The molecule has 3 rings (SSSR count). The molecule has 3 N–H and O–H groups in total. The summed E-state index contributed by atoms with van der Waals surface area (Å²) < 4.78 is 0. The predicted octanol–water partition coefficient (Wildman–Crippen LogP) is 4.85. The summed E-state index contributed by atoms with van der Waals surface area (Å²) >= 11 is 0. The van der Waals surface area contributed by atoms with Crippen LogP contribution in [0, 0.1) is 5.92 Å². The summed E-state index contributed by atoms with van der Waals surface area (Å²) in [6, 6.07) is 0. The van der Waals surface area contributed by atoms with Gasteiger partial charge in [-0.25, -0.2) is 15.0 Å². The largest absolute Gasteiger partial charge is 0.393 e. The molecular formula is C23H32N4O. The molecule has 0 spiro atoms. The molecule has 2 heterocycles. The number of aromatic nitrogens is 3. The van der Waals surface area contributed by atoms with Crippen LogP contribution in [0.25, 0.3) is 16.5 Å². The van der Waals surface area contributed by atoms with Crippen molar-refractivity contribution in [3.05, 3.63) is 42.5 Å². The van der Waals surface area contributed by atoms with Gasteiger partial charge >= 0.3 is 0 Å². The predicted molar refractivity (Wildman–Crippen MR) is 116 cm³/mol. The second-order valence-electron chi connectivity index (χ2n) is 8.01. The molecule has 0 radical (unpaired) electrons. The molecule has 0 unspecified atom stereocenters. The highest BCUT2D eigenvalue weighted by molar-refractivity contribution is 5.95. The number of nitrogen functional groups attached to an aromatic ring is 1. The first-order valence-electron chi connectivity index (χ1n) is 10.4. The molecule has 2 aromatic heterocycles. The third-order valence-corrected chi connectivity index (χ3v) is 5.82. The highest BCUT2D eigenvalue weighted by atomic mass is 16.3. The van der Waals surface area contributed by atoms with Gasteiger partial charge in [-0.1, -0.05) is 38.5 Å². The zero-order chi connectivity index (χ0) is 20.1. The van der Waals surface area contributed by atoms with E-state index in [-0.39, 0.29) is 6.10 Å². The summed E-state index contributed by atoms with van der Waals surface area (Å²) in [5.41, 5.74) is 10.1. The molecule has 28 heavy (non-hydrogen) atoms. The Morgan fingerprint density at radius 1 is 1.14 bits per heavy atom. The second-order valence-corrected chi connectivity index (χ2v) is 8.01. The Bertz CT molecular complexity index is 853. The monoisotopic (exact) mass is 380 g/mol. The van der Waals surface area contributed by atoms with Gasteiger partial charge in [-0.3, -0.25) is 0 Å². The summed E-state index contributed by atoms with van der Waals surface area (Å²) in [5.74, 6) is 1.65. The Morgan fingerprint density at radius 3 is 2.61 bits per heavy atom. The van der Waals surface area contributed by atoms with Crippen molar-refractivity contribution < 1.29 is 5.11 Å². The second kappa shape index (κ2) is 9.28. The van der Waals surface area contributed by atoms with Crippen LogP contribution in [0.1, 0.15) is 69.7 Å². The van der Waals surface area contributed by atoms with Gasteiger partial charge in [0.15, 0.2) is 0 Å². The zero-order valence-electron chi connectivity index (χ0n) is 17.0. The fraction of sp³-hybridized carbons (Fsp3) is 0.522. The quantitative estimate of drug-likeness (QED) is 0.505. The Labute approximate surface area is 167 Å². The van der Waals surface area contributed by atoms with Crippen LogP contribution in [0.15, 0.2) is 31.1 Å². The van der Waals surface area contributed by atoms with Crippen LogP contribution in [-0.4, -0.2) is 26.2 Å². The molecule has 1 fully saturated rings. The van der Waals surface area contributed by atoms with E-state index in [1.54, 1.807) is 12.4 Å². The molecule has 0 bridgehead atoms. The standard InChI is InChI=1S/C23H32N4O/c1-4-5-6-7-15(2)19-13-26-23(24)20-14-25-21(27-22(19)20)12-16(3)17-8-10-18(28)11-9-17/h13-14,17-18,28H,2-12H2,1H3,(H2,24,26)/t17-,18-. The number of allylic oxidation sites excluding steroid dienone is 2. The van der Waals surface area contributed by atoms with Crippen LogP contribution < -0.4 is 5.73 Å². The molecule has 1 aliphatic carbocycles. The van der Waals surface area contributed by atoms with E-state index in [9.17, 15) is 5.11 Å². The first-order chi connectivity index (χ1) is 13.5. The van der Waals surface area contributed by atoms with Crippen molar-refractivity contribution in [2.45, 2.75) is 70.8 Å². The molecule has 0 amide bonds. The number of hydrogen-bond acceptors (Lipinski definition) is 5. The fourth-order valence-electron chi connectivity index (χ4n) is 3.97. The number of nitrogens with two attached hydrogens (primary N) is 1. The van der Waals surface area contributed by atoms with Gasteiger partial charge < -0.3 is 10.8 Å². The van der Waals surface area contributed by atoms with Gasteiger partial charge in [0.1, 0.15) is 11.6 Å². The van der Waals surface area contributed by atoms with E-state index in [1.165, 1.54) is 12.8 Å². The molecule has 150 valence electrons. The van der Waals surface area contributed by atoms with Gasteiger partial charge in [0, 0.05) is 24.4 Å². The average molecular weight is 381 g/mol. The first-order valence-corrected chi connectivity index (χ1v) is 10.4. The molecule has 0 atom stereocenters. The highest BCUT2D eigenvalue weighted by Gasteiger charge is 2.22. The van der Waals surface area contributed by atoms with Crippen molar-refractivity contribution in [1.29, 1.82) is 0 Å². The summed E-state index contributed by atoms with van der Waals surface area (Å²) in [6.45, 7) is 10.7. The molecule has 0 aliphatic heterocycles. The van der Waals surface area contributed by atoms with E-state index in [0.29, 0.717) is 18.2 Å². The lowest BCUT2D eigenvalue weighted by Gasteiger charge is -2.26. The van der Waals surface area contributed by atoms with Crippen LogP contribution >= 0.6 is 0 Å². The van der Waals surface area contributed by atoms with Gasteiger partial charge in [0.25, 0.3) is 0 Å². The van der Waals surface area contributed by atoms with Gasteiger partial charge in [0.2, 0.25) is 0 Å². The smallest absolute Gasteiger partial charge is 0.134 e. The van der Waals surface area contributed by atoms with Crippen LogP contribution in [-0.2, 0) is 6.42 Å². The lowest BCUT2D eigenvalue weighted by atomic mass is 9.82. The van der Waals surface area contributed by atoms with Gasteiger partial charge in [-0.2, -0.15) is 0 Å². The van der Waals surface area contributed by atoms with Gasteiger partial charge in [-0.15, -0.1) is 0 Å². The van der Waals surface area contributed by atoms with Crippen molar-refractivity contribution in [2.75, 3.05) is 5.73 Å². The number of fused-ring (bicyclic) bond motifs is 1. The lowest BCUT2D eigenvalue weighted by Crippen LogP contribution is -2.20. The van der Waals surface area contributed by atoms with E-state index >= 15 is 0 Å². The maximum atomic E-state index is 9.72. The molecule has 5 nitrogen and oxygen atoms in total. The highest BCUT2D eigenvalue weighted by Crippen LogP contribution is 2.32. The summed E-state index contributed by atoms with van der Waals surface area (Å²) in [7, 11) is 0. The summed E-state index contributed by atoms with van der Waals surface area (Å²) in [5, 5.41) is 10.5. The molecule has 5 heteroatoms. The Balaban J connectivity index is 1.81. The molecule has 2 aromatic rings. The molecule has 0 saturated heterocycles. The van der Waals surface area contributed by atoms with E-state index in [2.05, 4.69) is 30.0 Å². The van der Waals surface area contributed by atoms with Gasteiger partial charge in [-0.05, 0) is 50.0 Å². The number of anilines is 1. The minimum Gasteiger partial charge on any atom is -0.393 e. The lowest BCUT2D eigenvalue weighted by molar-refractivity contribution is 0.115. The SMILES string of the molecule is C=C(CCCCC)c1cnc(N)c2cnc(CC(=C)[C@H]3CC[C@H](O)CC3)nc12. The van der Waals surface area contributed by atoms with Crippen LogP contribution in [0.4, 0.5) is 5.82 Å². The number of hydrogen-bond donors (Lipinski definition) is 2. The first kappa shape index (κ1) is 20.5. The molecular weight excluding hydrogens is 348 g/mol. The van der Waals surface area contributed by atoms with Crippen LogP contribution in [0.5, 0.6) is 0 Å². The number of aliphatic hydroxyl groups excluding tert-OH is 1. The normalized spacial score (nSPS) is 19.6. The molecule has 1 aliphatic rings. The van der Waals surface area contributed by atoms with Crippen molar-refractivity contribution in [2.24, 2.45) is 5.92 Å². The third kappa shape index (κ3) is 4.76. The van der Waals surface area contributed by atoms with Crippen molar-refractivity contribution in [1.82, 2.24) is 15.0 Å². The maximum Gasteiger partial charge on any atom is 0.134 e. The molecule has 1 saturated carbocycles. The van der Waals surface area contributed by atoms with Crippen LogP contribution in [0.3, 0.4) is 0 Å². The fourth-order valence-corrected chi connectivity index (χ4v) is 3.97. The van der Waals surface area contributed by atoms with Crippen molar-refractivity contribution in [3.63, 3.8) is 0 Å². The molecule has 0 aromatic carbocycles. The third-order valence-electron chi connectivity index (χ3n) is 5.82. The van der Waals surface area contributed by atoms with E-state index in [1.807, 2.05) is 0 Å². The Kier molecular flexibility index (Phi) is 6.79. The summed E-state index contributed by atoms with van der Waals surface area (Å²) in [4.78, 5) is 13.7. The number of rotatable bonds is 8. The van der Waals surface area contributed by atoms with Crippen molar-refractivity contribution in [3.8, 4) is 0 Å². The van der Waals surface area contributed by atoms with Crippen LogP contribution in [0.2, 0.25) is 0 Å². The Hall–Kier alpha value is -2.27. The number of nitrogens with zero attached hydrogens (tertiary/aromatic N) is 3. The average Bonchev–Trinajstić information content (AvgIpc) is 2.69. The van der Waals surface area contributed by atoms with E-state index < -0.39 is 0 Å². The number of unbranched alkanes of at least 4 members (excludes halogenated alkanes) is 2. The van der Waals surface area contributed by atoms with E-state index in [4.69, 9.17) is 10.7 Å². The maximum absolute atomic E-state index is 9.72. The van der Waals surface area contributed by atoms with Gasteiger partial charge in [0.05, 0.1) is 17.0 Å². The minimum absolute atomic E-state index is 0.155. The zero-order valence-corrected chi connectivity index (χ0v) is 17.0. The topological polar surface area (TPSA) is 84.9 Å².